The summed E-state index contributed by atoms with van der Waals surface area (Å²) in [4.78, 5) is 0. The second-order valence-electron chi connectivity index (χ2n) is 2.27. The smallest absolute Gasteiger partial charge is 0.872 e. The zero-order chi connectivity index (χ0) is 6.85. The number of hydrogen-bond donors (Lipinski definition) is 0. The molecule has 0 heterocycles. The van der Waals surface area contributed by atoms with E-state index in [1.807, 2.05) is 26.0 Å². The van der Waals surface area contributed by atoms with Gasteiger partial charge in [0.1, 0.15) is 0 Å². The van der Waals surface area contributed by atoms with Crippen molar-refractivity contribution in [2.45, 2.75) is 13.8 Å². The third-order valence-corrected chi connectivity index (χ3v) is 1.33. The van der Waals surface area contributed by atoms with E-state index in [1.165, 1.54) is 0 Å². The molecule has 0 aromatic heterocycles. The number of benzene rings is 1. The van der Waals surface area contributed by atoms with Gasteiger partial charge in [-0.05, 0) is 13.8 Å². The zero-order valence-corrected chi connectivity index (χ0v) is 9.76. The standard InChI is InChI=1S/C8H10O.K/c1-6-3-4-8(9)7(2)5-6;/h3-5,9H,1-2H3;/q;+1/p-1. The molecule has 0 N–H and O–H groups in total. The summed E-state index contributed by atoms with van der Waals surface area (Å²) >= 11 is 0. The molecule has 0 saturated heterocycles. The van der Waals surface area contributed by atoms with Crippen molar-refractivity contribution in [1.82, 2.24) is 0 Å². The van der Waals surface area contributed by atoms with Gasteiger partial charge in [-0.15, -0.1) is 5.75 Å². The minimum Gasteiger partial charge on any atom is -0.872 e. The molecule has 0 radical (unpaired) electrons. The van der Waals surface area contributed by atoms with Crippen molar-refractivity contribution in [2.75, 3.05) is 0 Å². The predicted octanol–water partition coefficient (Wildman–Crippen LogP) is -1.62. The van der Waals surface area contributed by atoms with Crippen molar-refractivity contribution in [3.8, 4) is 5.75 Å². The van der Waals surface area contributed by atoms with E-state index < -0.39 is 0 Å². The first-order chi connectivity index (χ1) is 4.20. The molecule has 1 aromatic carbocycles. The Morgan fingerprint density at radius 1 is 1.20 bits per heavy atom. The molecule has 1 nitrogen and oxygen atoms in total. The molecule has 0 spiro atoms. The van der Waals surface area contributed by atoms with Crippen LogP contribution >= 0.6 is 0 Å². The van der Waals surface area contributed by atoms with Crippen LogP contribution in [0.5, 0.6) is 5.75 Å². The number of hydrogen-bond acceptors (Lipinski definition) is 1. The first-order valence-corrected chi connectivity index (χ1v) is 2.94. The molecular weight excluding hydrogens is 151 g/mol. The minimum absolute atomic E-state index is 0. The van der Waals surface area contributed by atoms with Gasteiger partial charge in [-0.1, -0.05) is 29.3 Å². The molecular formula is C8H9KO. The Hall–Kier alpha value is 0.656. The van der Waals surface area contributed by atoms with Crippen LogP contribution in [0, 0.1) is 13.8 Å². The van der Waals surface area contributed by atoms with Gasteiger partial charge in [0.2, 0.25) is 0 Å². The molecule has 0 amide bonds. The molecule has 1 rings (SSSR count). The van der Waals surface area contributed by atoms with Crippen molar-refractivity contribution < 1.29 is 56.5 Å². The maximum atomic E-state index is 10.8. The van der Waals surface area contributed by atoms with Crippen LogP contribution in [0.1, 0.15) is 11.1 Å². The molecule has 2 heteroatoms. The van der Waals surface area contributed by atoms with Crippen LogP contribution in [0.15, 0.2) is 18.2 Å². The van der Waals surface area contributed by atoms with Crippen LogP contribution in [0.3, 0.4) is 0 Å². The van der Waals surface area contributed by atoms with Crippen LogP contribution in [-0.2, 0) is 0 Å². The van der Waals surface area contributed by atoms with Crippen LogP contribution < -0.4 is 56.5 Å². The van der Waals surface area contributed by atoms with Gasteiger partial charge in [0.05, 0.1) is 0 Å². The van der Waals surface area contributed by atoms with Crippen LogP contribution in [-0.4, -0.2) is 0 Å². The second-order valence-corrected chi connectivity index (χ2v) is 2.27. The van der Waals surface area contributed by atoms with Crippen LogP contribution in [0.25, 0.3) is 0 Å². The summed E-state index contributed by atoms with van der Waals surface area (Å²) < 4.78 is 0. The van der Waals surface area contributed by atoms with Crippen molar-refractivity contribution in [3.05, 3.63) is 29.3 Å². The first kappa shape index (κ1) is 10.7. The molecule has 0 aliphatic heterocycles. The maximum absolute atomic E-state index is 10.8. The third-order valence-electron chi connectivity index (χ3n) is 1.33. The average Bonchev–Trinajstić information content (AvgIpc) is 1.80. The fourth-order valence-corrected chi connectivity index (χ4v) is 0.799. The van der Waals surface area contributed by atoms with E-state index >= 15 is 0 Å². The van der Waals surface area contributed by atoms with E-state index in [1.54, 1.807) is 6.07 Å². The molecule has 0 fully saturated rings. The zero-order valence-electron chi connectivity index (χ0n) is 6.64. The van der Waals surface area contributed by atoms with Crippen molar-refractivity contribution in [1.29, 1.82) is 0 Å². The Balaban J connectivity index is 0.000000810. The van der Waals surface area contributed by atoms with Gasteiger partial charge in [-0.2, -0.15) is 0 Å². The molecule has 0 bridgehead atoms. The van der Waals surface area contributed by atoms with Gasteiger partial charge in [0.25, 0.3) is 0 Å². The molecule has 0 aliphatic rings. The SMILES string of the molecule is Cc1ccc([O-])c(C)c1.[K+]. The van der Waals surface area contributed by atoms with Gasteiger partial charge >= 0.3 is 51.4 Å². The Morgan fingerprint density at radius 2 is 1.80 bits per heavy atom. The van der Waals surface area contributed by atoms with E-state index in [9.17, 15) is 5.11 Å². The van der Waals surface area contributed by atoms with Crippen molar-refractivity contribution in [2.24, 2.45) is 0 Å². The predicted molar refractivity (Wildman–Crippen MR) is 35.4 cm³/mol. The van der Waals surface area contributed by atoms with Gasteiger partial charge in [0.15, 0.2) is 0 Å². The second kappa shape index (κ2) is 4.52. The Bertz CT molecular complexity index is 220. The summed E-state index contributed by atoms with van der Waals surface area (Å²) in [5.74, 6) is 0.126. The summed E-state index contributed by atoms with van der Waals surface area (Å²) in [6.07, 6.45) is 0. The normalized spacial score (nSPS) is 8.60. The molecule has 0 aliphatic carbocycles. The maximum Gasteiger partial charge on any atom is 1.00 e. The van der Waals surface area contributed by atoms with E-state index in [4.69, 9.17) is 0 Å². The van der Waals surface area contributed by atoms with Gasteiger partial charge in [-0.25, -0.2) is 0 Å². The quantitative estimate of drug-likeness (QED) is 0.418. The van der Waals surface area contributed by atoms with Crippen molar-refractivity contribution in [3.63, 3.8) is 0 Å². The number of rotatable bonds is 0. The van der Waals surface area contributed by atoms with Crippen molar-refractivity contribution >= 4 is 0 Å². The van der Waals surface area contributed by atoms with Gasteiger partial charge < -0.3 is 5.11 Å². The largest absolute Gasteiger partial charge is 1.00 e. The van der Waals surface area contributed by atoms with E-state index in [-0.39, 0.29) is 57.1 Å². The van der Waals surface area contributed by atoms with E-state index in [0.29, 0.717) is 0 Å². The fraction of sp³-hybridized carbons (Fsp3) is 0.250. The summed E-state index contributed by atoms with van der Waals surface area (Å²) in [5.41, 5.74) is 1.97. The average molecular weight is 160 g/mol. The molecule has 10 heavy (non-hydrogen) atoms. The Kier molecular flexibility index (Phi) is 4.81. The van der Waals surface area contributed by atoms with E-state index in [2.05, 4.69) is 0 Å². The van der Waals surface area contributed by atoms with E-state index in [0.717, 1.165) is 11.1 Å². The minimum atomic E-state index is 0. The molecule has 0 atom stereocenters. The van der Waals surface area contributed by atoms with Crippen LogP contribution in [0.4, 0.5) is 0 Å². The summed E-state index contributed by atoms with van der Waals surface area (Å²) in [7, 11) is 0. The third kappa shape index (κ3) is 2.72. The summed E-state index contributed by atoms with van der Waals surface area (Å²) in [5, 5.41) is 10.8. The Labute approximate surface area is 104 Å². The van der Waals surface area contributed by atoms with Gasteiger partial charge in [0, 0.05) is 0 Å². The molecule has 48 valence electrons. The molecule has 0 unspecified atom stereocenters. The number of aryl methyl sites for hydroxylation is 2. The fourth-order valence-electron chi connectivity index (χ4n) is 0.799. The van der Waals surface area contributed by atoms with Crippen LogP contribution in [0.2, 0.25) is 0 Å². The van der Waals surface area contributed by atoms with Gasteiger partial charge in [-0.3, -0.25) is 0 Å². The summed E-state index contributed by atoms with van der Waals surface area (Å²) in [6.45, 7) is 3.81. The molecule has 0 saturated carbocycles. The topological polar surface area (TPSA) is 23.1 Å². The Morgan fingerprint density at radius 3 is 2.20 bits per heavy atom. The first-order valence-electron chi connectivity index (χ1n) is 2.94. The molecule has 1 aromatic rings. The summed E-state index contributed by atoms with van der Waals surface area (Å²) in [6, 6.07) is 5.32. The monoisotopic (exact) mass is 160 g/mol.